The Bertz CT molecular complexity index is 254. The van der Waals surface area contributed by atoms with Gasteiger partial charge >= 0.3 is 0 Å². The largest absolute Gasteiger partial charge is 0.389 e. The van der Waals surface area contributed by atoms with Crippen LogP contribution in [0.1, 0.15) is 24.5 Å². The molecule has 2 rings (SSSR count). The monoisotopic (exact) mass is 218 g/mol. The minimum Gasteiger partial charge on any atom is -0.389 e. The summed E-state index contributed by atoms with van der Waals surface area (Å²) in [6.45, 7) is 0. The zero-order valence-corrected chi connectivity index (χ0v) is 7.70. The Hall–Kier alpha value is -0.0900. The zero-order valence-electron chi connectivity index (χ0n) is 5.30. The lowest BCUT2D eigenvalue weighted by Crippen LogP contribution is -1.86. The molecule has 0 spiro atoms. The fourth-order valence-corrected chi connectivity index (χ4v) is 2.32. The van der Waals surface area contributed by atoms with Crippen LogP contribution in [0, 0.1) is 0 Å². The van der Waals surface area contributed by atoms with E-state index in [2.05, 4.69) is 20.9 Å². The molecule has 1 aromatic rings. The molecule has 0 bridgehead atoms. The number of rotatable bonds is 1. The SMILES string of the molecule is Nc1sc(Br)nc1C1CC1. The van der Waals surface area contributed by atoms with Crippen LogP contribution in [0.4, 0.5) is 5.00 Å². The number of nitrogens with two attached hydrogens (primary N) is 1. The van der Waals surface area contributed by atoms with Gasteiger partial charge in [0.1, 0.15) is 5.00 Å². The van der Waals surface area contributed by atoms with E-state index in [1.54, 1.807) is 0 Å². The number of anilines is 1. The normalized spacial score (nSPS) is 17.7. The third-order valence-electron chi connectivity index (χ3n) is 1.62. The average molecular weight is 219 g/mol. The molecular formula is C6H7BrN2S. The van der Waals surface area contributed by atoms with Gasteiger partial charge in [-0.15, -0.1) is 0 Å². The van der Waals surface area contributed by atoms with E-state index in [0.717, 1.165) is 14.6 Å². The van der Waals surface area contributed by atoms with Gasteiger partial charge in [0.15, 0.2) is 3.92 Å². The number of halogens is 1. The Morgan fingerprint density at radius 1 is 1.60 bits per heavy atom. The van der Waals surface area contributed by atoms with Crippen molar-refractivity contribution in [3.8, 4) is 0 Å². The number of nitrogen functional groups attached to an aromatic ring is 1. The molecule has 0 atom stereocenters. The van der Waals surface area contributed by atoms with Gasteiger partial charge in [0.2, 0.25) is 0 Å². The highest BCUT2D eigenvalue weighted by Gasteiger charge is 2.28. The van der Waals surface area contributed by atoms with E-state index in [0.29, 0.717) is 5.92 Å². The maximum atomic E-state index is 5.71. The van der Waals surface area contributed by atoms with Gasteiger partial charge in [0, 0.05) is 5.92 Å². The number of thiazole rings is 1. The lowest BCUT2D eigenvalue weighted by Gasteiger charge is -1.88. The molecule has 1 aromatic heterocycles. The Balaban J connectivity index is 2.38. The minimum absolute atomic E-state index is 0.669. The van der Waals surface area contributed by atoms with E-state index >= 15 is 0 Å². The van der Waals surface area contributed by atoms with Crippen molar-refractivity contribution in [3.63, 3.8) is 0 Å². The van der Waals surface area contributed by atoms with E-state index in [1.807, 2.05) is 0 Å². The highest BCUT2D eigenvalue weighted by Crippen LogP contribution is 2.44. The van der Waals surface area contributed by atoms with E-state index in [-0.39, 0.29) is 0 Å². The summed E-state index contributed by atoms with van der Waals surface area (Å²) in [6, 6.07) is 0. The van der Waals surface area contributed by atoms with Crippen LogP contribution in [0.3, 0.4) is 0 Å². The maximum absolute atomic E-state index is 5.71. The smallest absolute Gasteiger partial charge is 0.161 e. The Morgan fingerprint density at radius 3 is 2.70 bits per heavy atom. The van der Waals surface area contributed by atoms with Crippen LogP contribution in [0.25, 0.3) is 0 Å². The molecule has 1 aliphatic rings. The summed E-state index contributed by atoms with van der Waals surface area (Å²) in [6.07, 6.45) is 2.53. The van der Waals surface area contributed by atoms with Gasteiger partial charge in [0.05, 0.1) is 5.69 Å². The summed E-state index contributed by atoms with van der Waals surface area (Å²) in [4.78, 5) is 4.28. The molecule has 54 valence electrons. The Morgan fingerprint density at radius 2 is 2.30 bits per heavy atom. The molecule has 4 heteroatoms. The lowest BCUT2D eigenvalue weighted by molar-refractivity contribution is 1.05. The summed E-state index contributed by atoms with van der Waals surface area (Å²) in [5, 5.41) is 0.884. The number of nitrogens with zero attached hydrogens (tertiary/aromatic N) is 1. The van der Waals surface area contributed by atoms with Crippen LogP contribution in [0.2, 0.25) is 0 Å². The van der Waals surface area contributed by atoms with Crippen LogP contribution in [0.5, 0.6) is 0 Å². The Labute approximate surface area is 71.6 Å². The van der Waals surface area contributed by atoms with E-state index in [1.165, 1.54) is 24.2 Å². The van der Waals surface area contributed by atoms with Crippen LogP contribution < -0.4 is 5.73 Å². The molecule has 0 aliphatic heterocycles. The summed E-state index contributed by atoms with van der Waals surface area (Å²) in [7, 11) is 0. The quantitative estimate of drug-likeness (QED) is 0.787. The topological polar surface area (TPSA) is 38.9 Å². The molecule has 0 saturated heterocycles. The fraction of sp³-hybridized carbons (Fsp3) is 0.500. The lowest BCUT2D eigenvalue weighted by atomic mass is 10.3. The molecule has 0 radical (unpaired) electrons. The first-order chi connectivity index (χ1) is 4.77. The summed E-state index contributed by atoms with van der Waals surface area (Å²) in [5.41, 5.74) is 6.82. The molecule has 0 amide bonds. The van der Waals surface area contributed by atoms with Gasteiger partial charge in [-0.2, -0.15) is 0 Å². The second-order valence-electron chi connectivity index (χ2n) is 2.49. The number of aromatic nitrogens is 1. The van der Waals surface area contributed by atoms with Gasteiger partial charge in [-0.05, 0) is 28.8 Å². The van der Waals surface area contributed by atoms with Crippen LogP contribution >= 0.6 is 27.3 Å². The molecule has 10 heavy (non-hydrogen) atoms. The molecule has 1 saturated carbocycles. The third-order valence-corrected chi connectivity index (χ3v) is 2.97. The first kappa shape index (κ1) is 6.61. The van der Waals surface area contributed by atoms with Gasteiger partial charge < -0.3 is 5.73 Å². The molecule has 1 fully saturated rings. The number of hydrogen-bond acceptors (Lipinski definition) is 3. The van der Waals surface area contributed by atoms with Crippen molar-refractivity contribution < 1.29 is 0 Å². The van der Waals surface area contributed by atoms with E-state index < -0.39 is 0 Å². The summed E-state index contributed by atoms with van der Waals surface area (Å²) >= 11 is 4.83. The molecule has 1 heterocycles. The molecule has 1 aliphatic carbocycles. The maximum Gasteiger partial charge on any atom is 0.161 e. The molecule has 2 N–H and O–H groups in total. The van der Waals surface area contributed by atoms with Crippen LogP contribution in [-0.2, 0) is 0 Å². The third kappa shape index (κ3) is 1.06. The Kier molecular flexibility index (Phi) is 1.46. The zero-order chi connectivity index (χ0) is 7.14. The first-order valence-electron chi connectivity index (χ1n) is 3.19. The van der Waals surface area contributed by atoms with Crippen LogP contribution in [-0.4, -0.2) is 4.98 Å². The summed E-state index contributed by atoms with van der Waals surface area (Å²) in [5.74, 6) is 0.669. The van der Waals surface area contributed by atoms with E-state index in [4.69, 9.17) is 5.73 Å². The highest BCUT2D eigenvalue weighted by atomic mass is 79.9. The second-order valence-corrected chi connectivity index (χ2v) is 4.80. The van der Waals surface area contributed by atoms with E-state index in [9.17, 15) is 0 Å². The van der Waals surface area contributed by atoms with Crippen molar-refractivity contribution in [1.29, 1.82) is 0 Å². The second kappa shape index (κ2) is 2.20. The van der Waals surface area contributed by atoms with Crippen molar-refractivity contribution >= 4 is 32.3 Å². The van der Waals surface area contributed by atoms with Gasteiger partial charge in [0.25, 0.3) is 0 Å². The highest BCUT2D eigenvalue weighted by molar-refractivity contribution is 9.11. The van der Waals surface area contributed by atoms with Crippen LogP contribution in [0.15, 0.2) is 3.92 Å². The van der Waals surface area contributed by atoms with Crippen molar-refractivity contribution in [2.24, 2.45) is 0 Å². The van der Waals surface area contributed by atoms with Crippen molar-refractivity contribution in [2.75, 3.05) is 5.73 Å². The van der Waals surface area contributed by atoms with Crippen molar-refractivity contribution in [1.82, 2.24) is 4.98 Å². The average Bonchev–Trinajstić information content (AvgIpc) is 2.61. The molecule has 0 aromatic carbocycles. The number of hydrogen-bond donors (Lipinski definition) is 1. The predicted molar refractivity (Wildman–Crippen MR) is 46.2 cm³/mol. The predicted octanol–water partition coefficient (Wildman–Crippen LogP) is 2.37. The minimum atomic E-state index is 0.669. The summed E-state index contributed by atoms with van der Waals surface area (Å²) < 4.78 is 0.909. The van der Waals surface area contributed by atoms with Crippen molar-refractivity contribution in [2.45, 2.75) is 18.8 Å². The van der Waals surface area contributed by atoms with Gasteiger partial charge in [-0.3, -0.25) is 0 Å². The van der Waals surface area contributed by atoms with Gasteiger partial charge in [-0.25, -0.2) is 4.98 Å². The molecule has 0 unspecified atom stereocenters. The first-order valence-corrected chi connectivity index (χ1v) is 4.80. The molecular weight excluding hydrogens is 212 g/mol. The van der Waals surface area contributed by atoms with Crippen molar-refractivity contribution in [3.05, 3.63) is 9.61 Å². The molecule has 2 nitrogen and oxygen atoms in total. The standard InChI is InChI=1S/C6H7BrN2S/c7-6-9-4(3-1-2-3)5(8)10-6/h3H,1-2,8H2. The fourth-order valence-electron chi connectivity index (χ4n) is 0.965. The van der Waals surface area contributed by atoms with Gasteiger partial charge in [-0.1, -0.05) is 11.3 Å².